The molecule has 0 N–H and O–H groups in total. The Labute approximate surface area is 208 Å². The molecule has 0 fully saturated rings. The van der Waals surface area contributed by atoms with E-state index in [1.807, 2.05) is 0 Å². The monoisotopic (exact) mass is 480 g/mol. The summed E-state index contributed by atoms with van der Waals surface area (Å²) in [5.74, 6) is -2.66. The second kappa shape index (κ2) is 22.0. The van der Waals surface area contributed by atoms with E-state index in [0.717, 1.165) is 31.4 Å². The van der Waals surface area contributed by atoms with Crippen LogP contribution in [-0.2, 0) is 4.74 Å². The van der Waals surface area contributed by atoms with Crippen LogP contribution >= 0.6 is 0 Å². The van der Waals surface area contributed by atoms with Crippen LogP contribution in [0, 0.1) is 11.6 Å². The van der Waals surface area contributed by atoms with E-state index in [-0.39, 0.29) is 6.61 Å². The van der Waals surface area contributed by atoms with Crippen molar-refractivity contribution in [2.75, 3.05) is 6.61 Å². The second-order valence-electron chi connectivity index (χ2n) is 9.80. The number of ether oxygens (including phenoxy) is 1. The van der Waals surface area contributed by atoms with Crippen molar-refractivity contribution in [2.45, 2.75) is 142 Å². The predicted octanol–water partition coefficient (Wildman–Crippen LogP) is 10.3. The van der Waals surface area contributed by atoms with Crippen molar-refractivity contribution in [1.82, 2.24) is 0 Å². The fraction of sp³-hybridized carbons (Fsp3) is 0.767. The molecule has 34 heavy (non-hydrogen) atoms. The molecule has 0 bridgehead atoms. The van der Waals surface area contributed by atoms with Crippen LogP contribution in [-0.4, -0.2) is 12.6 Å². The summed E-state index contributed by atoms with van der Waals surface area (Å²) in [7, 11) is 0. The normalized spacial score (nSPS) is 11.1. The lowest BCUT2D eigenvalue weighted by Gasteiger charge is -2.06. The number of benzene rings is 1. The van der Waals surface area contributed by atoms with Crippen LogP contribution in [0.25, 0.3) is 0 Å². The van der Waals surface area contributed by atoms with Gasteiger partial charge >= 0.3 is 5.97 Å². The Bertz CT molecular complexity index is 598. The number of carbonyl (C=O) groups excluding carboxylic acids is 1. The van der Waals surface area contributed by atoms with Gasteiger partial charge in [0.1, 0.15) is 17.2 Å². The Balaban J connectivity index is 1.77. The molecule has 1 aromatic rings. The molecule has 0 saturated carbocycles. The summed E-state index contributed by atoms with van der Waals surface area (Å²) < 4.78 is 32.1. The molecule has 0 aliphatic heterocycles. The minimum atomic E-state index is -0.913. The molecule has 0 heterocycles. The molecule has 1 rings (SSSR count). The van der Waals surface area contributed by atoms with Gasteiger partial charge in [0.15, 0.2) is 0 Å². The van der Waals surface area contributed by atoms with Crippen molar-refractivity contribution in [1.29, 1.82) is 0 Å². The largest absolute Gasteiger partial charge is 0.462 e. The molecule has 0 saturated heterocycles. The highest BCUT2D eigenvalue weighted by atomic mass is 19.1. The first kappa shape index (κ1) is 30.6. The highest BCUT2D eigenvalue weighted by molar-refractivity contribution is 5.89. The lowest BCUT2D eigenvalue weighted by Crippen LogP contribution is -2.11. The summed E-state index contributed by atoms with van der Waals surface area (Å²) >= 11 is 0. The van der Waals surface area contributed by atoms with E-state index in [1.165, 1.54) is 122 Å². The van der Waals surface area contributed by atoms with Gasteiger partial charge in [-0.25, -0.2) is 13.6 Å². The molecule has 0 radical (unpaired) electrons. The summed E-state index contributed by atoms with van der Waals surface area (Å²) in [5.41, 5.74) is -0.592. The fourth-order valence-corrected chi connectivity index (χ4v) is 4.46. The lowest BCUT2D eigenvalue weighted by molar-refractivity contribution is 0.0486. The van der Waals surface area contributed by atoms with Crippen LogP contribution in [0.5, 0.6) is 0 Å². The number of carbonyl (C=O) groups is 1. The van der Waals surface area contributed by atoms with Crippen LogP contribution in [0.4, 0.5) is 8.78 Å². The van der Waals surface area contributed by atoms with Crippen molar-refractivity contribution in [3.8, 4) is 0 Å². The van der Waals surface area contributed by atoms with E-state index < -0.39 is 23.2 Å². The van der Waals surface area contributed by atoms with Crippen LogP contribution in [0.1, 0.15) is 152 Å². The topological polar surface area (TPSA) is 26.3 Å². The second-order valence-corrected chi connectivity index (χ2v) is 9.80. The van der Waals surface area contributed by atoms with Gasteiger partial charge in [-0.15, -0.1) is 0 Å². The maximum absolute atomic E-state index is 13.5. The van der Waals surface area contributed by atoms with Crippen LogP contribution in [0.15, 0.2) is 18.2 Å². The SMILES string of the molecule is CCCCCCCCCCCCCCCCCCCCCCCOC(=O)c1c(F)cccc1F. The highest BCUT2D eigenvalue weighted by Crippen LogP contribution is 2.16. The van der Waals surface area contributed by atoms with Crippen LogP contribution in [0.2, 0.25) is 0 Å². The Morgan fingerprint density at radius 2 is 0.912 bits per heavy atom. The summed E-state index contributed by atoms with van der Waals surface area (Å²) in [6.07, 6.45) is 27.7. The number of esters is 1. The quantitative estimate of drug-likeness (QED) is 0.115. The third-order valence-corrected chi connectivity index (χ3v) is 6.65. The minimum absolute atomic E-state index is 0.214. The summed E-state index contributed by atoms with van der Waals surface area (Å²) in [5, 5.41) is 0. The smallest absolute Gasteiger partial charge is 0.344 e. The molecule has 196 valence electrons. The zero-order valence-corrected chi connectivity index (χ0v) is 21.9. The average molecular weight is 481 g/mol. The zero-order valence-electron chi connectivity index (χ0n) is 21.9. The van der Waals surface area contributed by atoms with E-state index in [2.05, 4.69) is 6.92 Å². The Morgan fingerprint density at radius 3 is 1.26 bits per heavy atom. The van der Waals surface area contributed by atoms with Crippen molar-refractivity contribution < 1.29 is 18.3 Å². The highest BCUT2D eigenvalue weighted by Gasteiger charge is 2.18. The molecule has 0 spiro atoms. The minimum Gasteiger partial charge on any atom is -0.462 e. The molecule has 1 aromatic carbocycles. The summed E-state index contributed by atoms with van der Waals surface area (Å²) in [6.45, 7) is 2.49. The molecule has 0 atom stereocenters. The number of halogens is 2. The first-order valence-corrected chi connectivity index (χ1v) is 14.3. The van der Waals surface area contributed by atoms with Gasteiger partial charge in [-0.05, 0) is 18.6 Å². The van der Waals surface area contributed by atoms with Gasteiger partial charge in [0.2, 0.25) is 0 Å². The molecular weight excluding hydrogens is 430 g/mol. The zero-order chi connectivity index (χ0) is 24.7. The molecular formula is C30H50F2O2. The molecule has 0 aliphatic rings. The van der Waals surface area contributed by atoms with Gasteiger partial charge in [-0.1, -0.05) is 141 Å². The van der Waals surface area contributed by atoms with E-state index in [0.29, 0.717) is 0 Å². The lowest BCUT2D eigenvalue weighted by atomic mass is 10.0. The predicted molar refractivity (Wildman–Crippen MR) is 139 cm³/mol. The van der Waals surface area contributed by atoms with Gasteiger partial charge in [0.25, 0.3) is 0 Å². The molecule has 0 aliphatic carbocycles. The van der Waals surface area contributed by atoms with Crippen molar-refractivity contribution >= 4 is 5.97 Å². The summed E-state index contributed by atoms with van der Waals surface area (Å²) in [4.78, 5) is 11.8. The van der Waals surface area contributed by atoms with Gasteiger partial charge in [0, 0.05) is 0 Å². The number of hydrogen-bond donors (Lipinski definition) is 0. The average Bonchev–Trinajstić information content (AvgIpc) is 2.82. The van der Waals surface area contributed by atoms with Gasteiger partial charge < -0.3 is 4.74 Å². The van der Waals surface area contributed by atoms with Crippen molar-refractivity contribution in [3.63, 3.8) is 0 Å². The number of hydrogen-bond acceptors (Lipinski definition) is 2. The number of unbranched alkanes of at least 4 members (excludes halogenated alkanes) is 20. The standard InChI is InChI=1S/C30H50F2O2/c1-2-3-4-5-6-7-8-9-10-11-12-13-14-15-16-17-18-19-20-21-22-26-34-30(33)29-27(31)24-23-25-28(29)32/h23-25H,2-22,26H2,1H3. The van der Waals surface area contributed by atoms with E-state index in [9.17, 15) is 13.6 Å². The van der Waals surface area contributed by atoms with E-state index in [1.54, 1.807) is 0 Å². The van der Waals surface area contributed by atoms with E-state index in [4.69, 9.17) is 4.74 Å². The Morgan fingerprint density at radius 1 is 0.588 bits per heavy atom. The fourth-order valence-electron chi connectivity index (χ4n) is 4.46. The molecule has 0 unspecified atom stereocenters. The molecule has 0 aromatic heterocycles. The molecule has 0 amide bonds. The first-order chi connectivity index (χ1) is 16.7. The van der Waals surface area contributed by atoms with Crippen LogP contribution < -0.4 is 0 Å². The van der Waals surface area contributed by atoms with Gasteiger partial charge in [0.05, 0.1) is 6.61 Å². The third kappa shape index (κ3) is 16.2. The van der Waals surface area contributed by atoms with Crippen LogP contribution in [0.3, 0.4) is 0 Å². The number of rotatable bonds is 23. The Hall–Kier alpha value is -1.45. The summed E-state index contributed by atoms with van der Waals surface area (Å²) in [6, 6.07) is 3.37. The third-order valence-electron chi connectivity index (χ3n) is 6.65. The Kier molecular flexibility index (Phi) is 19.8. The van der Waals surface area contributed by atoms with Crippen molar-refractivity contribution in [3.05, 3.63) is 35.4 Å². The first-order valence-electron chi connectivity index (χ1n) is 14.3. The van der Waals surface area contributed by atoms with Gasteiger partial charge in [-0.3, -0.25) is 0 Å². The maximum Gasteiger partial charge on any atom is 0.344 e. The maximum atomic E-state index is 13.5. The molecule has 4 heteroatoms. The van der Waals surface area contributed by atoms with Gasteiger partial charge in [-0.2, -0.15) is 0 Å². The van der Waals surface area contributed by atoms with Crippen molar-refractivity contribution in [2.24, 2.45) is 0 Å². The van der Waals surface area contributed by atoms with E-state index >= 15 is 0 Å². The molecule has 2 nitrogen and oxygen atoms in total.